The lowest BCUT2D eigenvalue weighted by Crippen LogP contribution is -2.26. The quantitative estimate of drug-likeness (QED) is 0.792. The van der Waals surface area contributed by atoms with Crippen molar-refractivity contribution in [3.8, 4) is 0 Å². The fourth-order valence-corrected chi connectivity index (χ4v) is 1.81. The van der Waals surface area contributed by atoms with Crippen LogP contribution in [0.1, 0.15) is 46.4 Å². The Bertz CT molecular complexity index is 317. The summed E-state index contributed by atoms with van der Waals surface area (Å²) in [6, 6.07) is 0.302. The zero-order chi connectivity index (χ0) is 12.8. The number of aromatic nitrogens is 3. The summed E-state index contributed by atoms with van der Waals surface area (Å²) in [5.41, 5.74) is 6.03. The molecule has 0 radical (unpaired) electrons. The van der Waals surface area contributed by atoms with E-state index in [9.17, 15) is 0 Å². The van der Waals surface area contributed by atoms with E-state index in [4.69, 9.17) is 5.73 Å². The van der Waals surface area contributed by atoms with Gasteiger partial charge in [0.2, 0.25) is 0 Å². The molecule has 4 heteroatoms. The van der Waals surface area contributed by atoms with Crippen molar-refractivity contribution in [2.75, 3.05) is 0 Å². The van der Waals surface area contributed by atoms with Crippen LogP contribution in [0, 0.1) is 11.8 Å². The van der Waals surface area contributed by atoms with Gasteiger partial charge in [-0.1, -0.05) is 27.7 Å². The van der Waals surface area contributed by atoms with Crippen molar-refractivity contribution in [1.82, 2.24) is 14.8 Å². The maximum Gasteiger partial charge on any atom is 0.138 e. The maximum absolute atomic E-state index is 6.03. The van der Waals surface area contributed by atoms with Gasteiger partial charge in [0.15, 0.2) is 0 Å². The highest BCUT2D eigenvalue weighted by Gasteiger charge is 2.09. The van der Waals surface area contributed by atoms with E-state index in [0.717, 1.165) is 31.6 Å². The maximum atomic E-state index is 6.03. The third kappa shape index (κ3) is 4.86. The molecule has 4 nitrogen and oxygen atoms in total. The summed E-state index contributed by atoms with van der Waals surface area (Å²) in [6.07, 6.45) is 4.79. The Balaban J connectivity index is 2.39. The van der Waals surface area contributed by atoms with Crippen molar-refractivity contribution in [2.24, 2.45) is 17.6 Å². The summed E-state index contributed by atoms with van der Waals surface area (Å²) in [4.78, 5) is 4.32. The number of nitrogens with two attached hydrogens (primary N) is 1. The van der Waals surface area contributed by atoms with E-state index in [1.807, 2.05) is 4.68 Å². The Kier molecular flexibility index (Phi) is 5.62. The minimum atomic E-state index is 0.302. The molecule has 0 bridgehead atoms. The second kappa shape index (κ2) is 6.74. The van der Waals surface area contributed by atoms with Gasteiger partial charge in [-0.05, 0) is 24.7 Å². The zero-order valence-electron chi connectivity index (χ0n) is 11.6. The van der Waals surface area contributed by atoms with Crippen molar-refractivity contribution in [2.45, 2.75) is 59.5 Å². The summed E-state index contributed by atoms with van der Waals surface area (Å²) in [5, 5.41) is 4.26. The summed E-state index contributed by atoms with van der Waals surface area (Å²) < 4.78 is 2.02. The average molecular weight is 238 g/mol. The smallest absolute Gasteiger partial charge is 0.138 e. The lowest BCUT2D eigenvalue weighted by atomic mass is 9.99. The van der Waals surface area contributed by atoms with Crippen LogP contribution in [0.2, 0.25) is 0 Å². The van der Waals surface area contributed by atoms with Gasteiger partial charge in [-0.15, -0.1) is 0 Å². The zero-order valence-corrected chi connectivity index (χ0v) is 11.6. The molecule has 0 aliphatic heterocycles. The SMILES string of the molecule is CC(C)Cn1ncnc1CCCC(N)C(C)C. The third-order valence-electron chi connectivity index (χ3n) is 3.03. The second-order valence-electron chi connectivity index (χ2n) is 5.55. The van der Waals surface area contributed by atoms with Crippen molar-refractivity contribution >= 4 is 0 Å². The van der Waals surface area contributed by atoms with Gasteiger partial charge in [-0.3, -0.25) is 0 Å². The number of rotatable bonds is 7. The van der Waals surface area contributed by atoms with Crippen molar-refractivity contribution in [3.05, 3.63) is 12.2 Å². The van der Waals surface area contributed by atoms with Gasteiger partial charge in [0.05, 0.1) is 0 Å². The summed E-state index contributed by atoms with van der Waals surface area (Å²) in [5.74, 6) is 2.26. The topological polar surface area (TPSA) is 56.7 Å². The van der Waals surface area contributed by atoms with Crippen LogP contribution in [-0.2, 0) is 13.0 Å². The molecule has 98 valence electrons. The van der Waals surface area contributed by atoms with E-state index in [1.54, 1.807) is 6.33 Å². The van der Waals surface area contributed by atoms with E-state index in [1.165, 1.54) is 0 Å². The molecule has 0 saturated carbocycles. The van der Waals surface area contributed by atoms with Crippen molar-refractivity contribution < 1.29 is 0 Å². The average Bonchev–Trinajstić information content (AvgIpc) is 2.64. The Morgan fingerprint density at radius 1 is 1.29 bits per heavy atom. The normalized spacial score (nSPS) is 13.6. The lowest BCUT2D eigenvalue weighted by molar-refractivity contribution is 0.435. The number of aryl methyl sites for hydroxylation is 1. The van der Waals surface area contributed by atoms with Crippen LogP contribution >= 0.6 is 0 Å². The molecule has 1 rings (SSSR count). The third-order valence-corrected chi connectivity index (χ3v) is 3.03. The summed E-state index contributed by atoms with van der Waals surface area (Å²) in [7, 11) is 0. The van der Waals surface area contributed by atoms with Crippen molar-refractivity contribution in [1.29, 1.82) is 0 Å². The van der Waals surface area contributed by atoms with Crippen molar-refractivity contribution in [3.63, 3.8) is 0 Å². The van der Waals surface area contributed by atoms with Gasteiger partial charge in [0.25, 0.3) is 0 Å². The second-order valence-corrected chi connectivity index (χ2v) is 5.55. The summed E-state index contributed by atoms with van der Waals surface area (Å²) in [6.45, 7) is 9.68. The van der Waals surface area contributed by atoms with E-state index in [0.29, 0.717) is 17.9 Å². The number of nitrogens with zero attached hydrogens (tertiary/aromatic N) is 3. The molecule has 1 atom stereocenters. The first-order valence-electron chi connectivity index (χ1n) is 6.63. The largest absolute Gasteiger partial charge is 0.327 e. The molecule has 0 aromatic carbocycles. The molecular weight excluding hydrogens is 212 g/mol. The van der Waals surface area contributed by atoms with Crippen LogP contribution in [0.25, 0.3) is 0 Å². The van der Waals surface area contributed by atoms with Gasteiger partial charge < -0.3 is 5.73 Å². The van der Waals surface area contributed by atoms with Crippen LogP contribution in [0.15, 0.2) is 6.33 Å². The van der Waals surface area contributed by atoms with E-state index in [-0.39, 0.29) is 0 Å². The molecule has 0 saturated heterocycles. The molecular formula is C13H26N4. The Morgan fingerprint density at radius 2 is 2.00 bits per heavy atom. The van der Waals surface area contributed by atoms with Crippen LogP contribution < -0.4 is 5.73 Å². The summed E-state index contributed by atoms with van der Waals surface area (Å²) >= 11 is 0. The predicted octanol–water partition coefficient (Wildman–Crippen LogP) is 2.24. The highest BCUT2D eigenvalue weighted by molar-refractivity contribution is 4.85. The highest BCUT2D eigenvalue weighted by Crippen LogP contribution is 2.09. The molecule has 0 spiro atoms. The van der Waals surface area contributed by atoms with Gasteiger partial charge in [-0.2, -0.15) is 5.10 Å². The van der Waals surface area contributed by atoms with Gasteiger partial charge in [0, 0.05) is 19.0 Å². The molecule has 0 amide bonds. The molecule has 1 heterocycles. The lowest BCUT2D eigenvalue weighted by Gasteiger charge is -2.15. The van der Waals surface area contributed by atoms with Gasteiger partial charge >= 0.3 is 0 Å². The molecule has 2 N–H and O–H groups in total. The number of hydrogen-bond acceptors (Lipinski definition) is 3. The number of hydrogen-bond donors (Lipinski definition) is 1. The Morgan fingerprint density at radius 3 is 2.59 bits per heavy atom. The fourth-order valence-electron chi connectivity index (χ4n) is 1.81. The van der Waals surface area contributed by atoms with E-state index < -0.39 is 0 Å². The monoisotopic (exact) mass is 238 g/mol. The molecule has 17 heavy (non-hydrogen) atoms. The van der Waals surface area contributed by atoms with E-state index in [2.05, 4.69) is 37.8 Å². The predicted molar refractivity (Wildman–Crippen MR) is 70.6 cm³/mol. The molecule has 0 aliphatic rings. The minimum Gasteiger partial charge on any atom is -0.327 e. The molecule has 1 unspecified atom stereocenters. The minimum absolute atomic E-state index is 0.302. The Hall–Kier alpha value is -0.900. The standard InChI is InChI=1S/C13H26N4/c1-10(2)8-17-13(15-9-16-17)7-5-6-12(14)11(3)4/h9-12H,5-8,14H2,1-4H3. The van der Waals surface area contributed by atoms with Crippen LogP contribution in [0.3, 0.4) is 0 Å². The first-order chi connectivity index (χ1) is 8.00. The first kappa shape index (κ1) is 14.2. The fraction of sp³-hybridized carbons (Fsp3) is 0.846. The van der Waals surface area contributed by atoms with Crippen LogP contribution in [-0.4, -0.2) is 20.8 Å². The molecule has 1 aromatic heterocycles. The van der Waals surface area contributed by atoms with Gasteiger partial charge in [-0.25, -0.2) is 9.67 Å². The molecule has 1 aromatic rings. The first-order valence-corrected chi connectivity index (χ1v) is 6.63. The van der Waals surface area contributed by atoms with Gasteiger partial charge in [0.1, 0.15) is 12.2 Å². The van der Waals surface area contributed by atoms with Crippen LogP contribution in [0.4, 0.5) is 0 Å². The molecule has 0 fully saturated rings. The Labute approximate surface area is 105 Å². The highest BCUT2D eigenvalue weighted by atomic mass is 15.3. The van der Waals surface area contributed by atoms with E-state index >= 15 is 0 Å². The van der Waals surface area contributed by atoms with Crippen LogP contribution in [0.5, 0.6) is 0 Å². The molecule has 0 aliphatic carbocycles.